The fourth-order valence-electron chi connectivity index (χ4n) is 2.22. The standard InChI is InChI=1S/C15H22N2O3/c1-12-4-5-13(14(10-12)19-2)20-11-15(18)17-8-3-6-16-7-9-17/h4-5,10,16H,3,6-9,11H2,1-2H3. The van der Waals surface area contributed by atoms with Gasteiger partial charge in [0.2, 0.25) is 0 Å². The first-order valence-electron chi connectivity index (χ1n) is 6.96. The van der Waals surface area contributed by atoms with Crippen LogP contribution in [-0.2, 0) is 4.79 Å². The number of methoxy groups -OCH3 is 1. The molecule has 1 N–H and O–H groups in total. The zero-order valence-electron chi connectivity index (χ0n) is 12.1. The molecule has 1 aromatic carbocycles. The molecule has 0 unspecified atom stereocenters. The maximum absolute atomic E-state index is 12.1. The summed E-state index contributed by atoms with van der Waals surface area (Å²) in [6, 6.07) is 5.68. The van der Waals surface area contributed by atoms with Gasteiger partial charge in [-0.3, -0.25) is 4.79 Å². The van der Waals surface area contributed by atoms with E-state index in [9.17, 15) is 4.79 Å². The van der Waals surface area contributed by atoms with Crippen LogP contribution in [-0.4, -0.2) is 50.7 Å². The third-order valence-electron chi connectivity index (χ3n) is 3.36. The highest BCUT2D eigenvalue weighted by Gasteiger charge is 2.16. The van der Waals surface area contributed by atoms with Crippen LogP contribution in [0.2, 0.25) is 0 Å². The Morgan fingerprint density at radius 2 is 2.15 bits per heavy atom. The van der Waals surface area contributed by atoms with Crippen LogP contribution in [0.3, 0.4) is 0 Å². The van der Waals surface area contributed by atoms with E-state index in [4.69, 9.17) is 9.47 Å². The first kappa shape index (κ1) is 14.7. The van der Waals surface area contributed by atoms with E-state index in [0.29, 0.717) is 11.5 Å². The fraction of sp³-hybridized carbons (Fsp3) is 0.533. The molecule has 0 aliphatic carbocycles. The third-order valence-corrected chi connectivity index (χ3v) is 3.36. The van der Waals surface area contributed by atoms with Crippen molar-refractivity contribution in [1.82, 2.24) is 10.2 Å². The molecule has 5 nitrogen and oxygen atoms in total. The topological polar surface area (TPSA) is 50.8 Å². The number of carbonyl (C=O) groups excluding carboxylic acids is 1. The molecule has 0 atom stereocenters. The summed E-state index contributed by atoms with van der Waals surface area (Å²) in [4.78, 5) is 14.0. The normalized spacial score (nSPS) is 15.6. The number of carbonyl (C=O) groups is 1. The van der Waals surface area contributed by atoms with Gasteiger partial charge in [0.25, 0.3) is 5.91 Å². The number of aryl methyl sites for hydroxylation is 1. The molecule has 1 heterocycles. The maximum atomic E-state index is 12.1. The van der Waals surface area contributed by atoms with E-state index in [0.717, 1.165) is 38.2 Å². The second-order valence-corrected chi connectivity index (χ2v) is 4.93. The molecule has 5 heteroatoms. The van der Waals surface area contributed by atoms with E-state index in [1.807, 2.05) is 30.0 Å². The molecule has 0 radical (unpaired) electrons. The van der Waals surface area contributed by atoms with Crippen molar-refractivity contribution in [3.63, 3.8) is 0 Å². The van der Waals surface area contributed by atoms with E-state index in [-0.39, 0.29) is 12.5 Å². The van der Waals surface area contributed by atoms with Crippen molar-refractivity contribution >= 4 is 5.91 Å². The first-order chi connectivity index (χ1) is 9.70. The molecule has 1 saturated heterocycles. The molecule has 0 aromatic heterocycles. The quantitative estimate of drug-likeness (QED) is 0.899. The molecule has 1 fully saturated rings. The Morgan fingerprint density at radius 3 is 2.95 bits per heavy atom. The summed E-state index contributed by atoms with van der Waals surface area (Å²) in [6.07, 6.45) is 0.986. The number of amides is 1. The van der Waals surface area contributed by atoms with Gasteiger partial charge >= 0.3 is 0 Å². The Bertz CT molecular complexity index is 454. The summed E-state index contributed by atoms with van der Waals surface area (Å²) in [7, 11) is 1.60. The van der Waals surface area contributed by atoms with Gasteiger partial charge in [0.1, 0.15) is 0 Å². The lowest BCUT2D eigenvalue weighted by molar-refractivity contribution is -0.133. The van der Waals surface area contributed by atoms with E-state index in [2.05, 4.69) is 5.32 Å². The Kier molecular flexibility index (Phi) is 5.24. The van der Waals surface area contributed by atoms with Crippen LogP contribution in [0, 0.1) is 6.92 Å². The number of rotatable bonds is 4. The van der Waals surface area contributed by atoms with Crippen molar-refractivity contribution in [2.45, 2.75) is 13.3 Å². The van der Waals surface area contributed by atoms with Crippen molar-refractivity contribution in [3.8, 4) is 11.5 Å². The van der Waals surface area contributed by atoms with Gasteiger partial charge in [-0.25, -0.2) is 0 Å². The maximum Gasteiger partial charge on any atom is 0.260 e. The van der Waals surface area contributed by atoms with Gasteiger partial charge in [-0.05, 0) is 37.6 Å². The van der Waals surface area contributed by atoms with Crippen molar-refractivity contribution < 1.29 is 14.3 Å². The lowest BCUT2D eigenvalue weighted by atomic mass is 10.2. The summed E-state index contributed by atoms with van der Waals surface area (Å²) in [5.74, 6) is 1.30. The highest BCUT2D eigenvalue weighted by molar-refractivity contribution is 5.77. The van der Waals surface area contributed by atoms with Gasteiger partial charge in [0, 0.05) is 19.6 Å². The number of hydrogen-bond acceptors (Lipinski definition) is 4. The van der Waals surface area contributed by atoms with E-state index in [1.165, 1.54) is 0 Å². The predicted molar refractivity (Wildman–Crippen MR) is 77.3 cm³/mol. The van der Waals surface area contributed by atoms with Crippen LogP contribution in [0.1, 0.15) is 12.0 Å². The van der Waals surface area contributed by atoms with Gasteiger partial charge < -0.3 is 19.7 Å². The van der Waals surface area contributed by atoms with Crippen LogP contribution >= 0.6 is 0 Å². The van der Waals surface area contributed by atoms with Crippen LogP contribution in [0.5, 0.6) is 11.5 Å². The van der Waals surface area contributed by atoms with E-state index < -0.39 is 0 Å². The molecule has 0 saturated carbocycles. The summed E-state index contributed by atoms with van der Waals surface area (Å²) in [5, 5.41) is 3.28. The minimum atomic E-state index is 0.0244. The number of ether oxygens (including phenoxy) is 2. The van der Waals surface area contributed by atoms with Gasteiger partial charge in [-0.15, -0.1) is 0 Å². The largest absolute Gasteiger partial charge is 0.493 e. The van der Waals surface area contributed by atoms with Crippen molar-refractivity contribution in [2.24, 2.45) is 0 Å². The third kappa shape index (κ3) is 3.87. The molecule has 1 amide bonds. The molecule has 110 valence electrons. The van der Waals surface area contributed by atoms with Gasteiger partial charge in [-0.2, -0.15) is 0 Å². The molecule has 20 heavy (non-hydrogen) atoms. The zero-order valence-corrected chi connectivity index (χ0v) is 12.1. The first-order valence-corrected chi connectivity index (χ1v) is 6.96. The average molecular weight is 278 g/mol. The highest BCUT2D eigenvalue weighted by Crippen LogP contribution is 2.27. The van der Waals surface area contributed by atoms with Crippen LogP contribution in [0.4, 0.5) is 0 Å². The molecule has 2 rings (SSSR count). The second kappa shape index (κ2) is 7.14. The molecular formula is C15H22N2O3. The lowest BCUT2D eigenvalue weighted by Crippen LogP contribution is -2.37. The Balaban J connectivity index is 1.92. The van der Waals surface area contributed by atoms with Crippen molar-refractivity contribution in [3.05, 3.63) is 23.8 Å². The Hall–Kier alpha value is -1.75. The molecule has 1 aliphatic heterocycles. The lowest BCUT2D eigenvalue weighted by Gasteiger charge is -2.20. The van der Waals surface area contributed by atoms with Crippen LogP contribution < -0.4 is 14.8 Å². The smallest absolute Gasteiger partial charge is 0.260 e. The number of nitrogens with zero attached hydrogens (tertiary/aromatic N) is 1. The monoisotopic (exact) mass is 278 g/mol. The zero-order chi connectivity index (χ0) is 14.4. The summed E-state index contributed by atoms with van der Waals surface area (Å²) < 4.78 is 10.9. The Morgan fingerprint density at radius 1 is 1.30 bits per heavy atom. The number of hydrogen-bond donors (Lipinski definition) is 1. The van der Waals surface area contributed by atoms with Crippen LogP contribution in [0.15, 0.2) is 18.2 Å². The number of nitrogens with one attached hydrogen (secondary N) is 1. The average Bonchev–Trinajstić information content (AvgIpc) is 2.74. The molecule has 0 bridgehead atoms. The number of benzene rings is 1. The highest BCUT2D eigenvalue weighted by atomic mass is 16.5. The minimum absolute atomic E-state index is 0.0244. The van der Waals surface area contributed by atoms with E-state index in [1.54, 1.807) is 7.11 Å². The van der Waals surface area contributed by atoms with Gasteiger partial charge in [0.15, 0.2) is 18.1 Å². The van der Waals surface area contributed by atoms with Crippen molar-refractivity contribution in [1.29, 1.82) is 0 Å². The summed E-state index contributed by atoms with van der Waals surface area (Å²) in [6.45, 7) is 5.39. The molecule has 1 aliphatic rings. The second-order valence-electron chi connectivity index (χ2n) is 4.93. The molecule has 1 aromatic rings. The van der Waals surface area contributed by atoms with Gasteiger partial charge in [-0.1, -0.05) is 6.07 Å². The predicted octanol–water partition coefficient (Wildman–Crippen LogP) is 1.20. The van der Waals surface area contributed by atoms with Gasteiger partial charge in [0.05, 0.1) is 7.11 Å². The van der Waals surface area contributed by atoms with E-state index >= 15 is 0 Å². The molecule has 0 spiro atoms. The minimum Gasteiger partial charge on any atom is -0.493 e. The molecular weight excluding hydrogens is 256 g/mol. The van der Waals surface area contributed by atoms with Crippen molar-refractivity contribution in [2.75, 3.05) is 39.9 Å². The van der Waals surface area contributed by atoms with Crippen LogP contribution in [0.25, 0.3) is 0 Å². The fourth-order valence-corrected chi connectivity index (χ4v) is 2.22. The Labute approximate surface area is 119 Å². The SMILES string of the molecule is COc1cc(C)ccc1OCC(=O)N1CCCNCC1. The summed E-state index contributed by atoms with van der Waals surface area (Å²) in [5.41, 5.74) is 1.10. The summed E-state index contributed by atoms with van der Waals surface area (Å²) >= 11 is 0.